The standard InChI is InChI=1S/C22H24N4O2/c1-4-11-25(12-5-1)13-6-14-27-22-10-9-21-23-18(16-26(21)24-22)20-15-17-7-2-3-8-19(17)28-20/h2-3,7-10,15-16H,1,4-6,11-14H2. The molecule has 0 spiro atoms. The normalized spacial score (nSPS) is 15.4. The Labute approximate surface area is 163 Å². The number of fused-ring (bicyclic) bond motifs is 2. The maximum absolute atomic E-state index is 5.91. The highest BCUT2D eigenvalue weighted by Crippen LogP contribution is 2.27. The average Bonchev–Trinajstić information content (AvgIpc) is 3.35. The van der Waals surface area contributed by atoms with Crippen LogP contribution in [0.1, 0.15) is 25.7 Å². The van der Waals surface area contributed by atoms with E-state index < -0.39 is 0 Å². The zero-order valence-electron chi connectivity index (χ0n) is 15.9. The molecule has 6 heteroatoms. The van der Waals surface area contributed by atoms with Gasteiger partial charge in [0.25, 0.3) is 0 Å². The molecule has 5 rings (SSSR count). The van der Waals surface area contributed by atoms with Crippen molar-refractivity contribution in [3.05, 3.63) is 48.7 Å². The molecule has 1 saturated heterocycles. The highest BCUT2D eigenvalue weighted by Gasteiger charge is 2.12. The van der Waals surface area contributed by atoms with E-state index in [1.807, 2.05) is 48.7 Å². The second kappa shape index (κ2) is 7.64. The van der Waals surface area contributed by atoms with Gasteiger partial charge < -0.3 is 14.1 Å². The maximum Gasteiger partial charge on any atom is 0.231 e. The minimum atomic E-state index is 0.625. The number of ether oxygens (including phenoxy) is 1. The van der Waals surface area contributed by atoms with Crippen molar-refractivity contribution in [2.45, 2.75) is 25.7 Å². The topological polar surface area (TPSA) is 55.8 Å². The number of furan rings is 1. The van der Waals surface area contributed by atoms with E-state index >= 15 is 0 Å². The van der Waals surface area contributed by atoms with E-state index in [1.54, 1.807) is 4.52 Å². The Kier molecular flexibility index (Phi) is 4.71. The number of benzene rings is 1. The summed E-state index contributed by atoms with van der Waals surface area (Å²) < 4.78 is 13.5. The Balaban J connectivity index is 1.25. The highest BCUT2D eigenvalue weighted by molar-refractivity contribution is 5.82. The first-order valence-corrected chi connectivity index (χ1v) is 10.1. The minimum absolute atomic E-state index is 0.625. The summed E-state index contributed by atoms with van der Waals surface area (Å²) in [6.45, 7) is 4.23. The molecule has 0 bridgehead atoms. The Hall–Kier alpha value is -2.86. The van der Waals surface area contributed by atoms with Gasteiger partial charge in [0.05, 0.1) is 12.8 Å². The van der Waals surface area contributed by atoms with Crippen molar-refractivity contribution in [2.24, 2.45) is 0 Å². The van der Waals surface area contributed by atoms with Gasteiger partial charge in [-0.1, -0.05) is 24.6 Å². The summed E-state index contributed by atoms with van der Waals surface area (Å²) in [5, 5.41) is 5.61. The van der Waals surface area contributed by atoms with Crippen LogP contribution in [-0.4, -0.2) is 45.7 Å². The number of rotatable bonds is 6. The van der Waals surface area contributed by atoms with Crippen LogP contribution in [0.5, 0.6) is 5.88 Å². The lowest BCUT2D eigenvalue weighted by Gasteiger charge is -2.26. The third-order valence-electron chi connectivity index (χ3n) is 5.29. The van der Waals surface area contributed by atoms with Gasteiger partial charge in [0.1, 0.15) is 11.3 Å². The van der Waals surface area contributed by atoms with E-state index in [0.29, 0.717) is 12.5 Å². The molecule has 1 aliphatic rings. The lowest BCUT2D eigenvalue weighted by atomic mass is 10.1. The molecule has 0 amide bonds. The smallest absolute Gasteiger partial charge is 0.231 e. The van der Waals surface area contributed by atoms with Crippen LogP contribution in [0.3, 0.4) is 0 Å². The molecule has 1 aromatic carbocycles. The minimum Gasteiger partial charge on any atom is -0.477 e. The maximum atomic E-state index is 5.91. The average molecular weight is 376 g/mol. The van der Waals surface area contributed by atoms with Crippen molar-refractivity contribution >= 4 is 16.6 Å². The fourth-order valence-electron chi connectivity index (χ4n) is 3.82. The molecule has 4 heterocycles. The van der Waals surface area contributed by atoms with E-state index in [9.17, 15) is 0 Å². The number of nitrogens with zero attached hydrogens (tertiary/aromatic N) is 4. The van der Waals surface area contributed by atoms with Gasteiger partial charge in [-0.2, -0.15) is 0 Å². The van der Waals surface area contributed by atoms with E-state index in [0.717, 1.165) is 41.0 Å². The van der Waals surface area contributed by atoms with Crippen molar-refractivity contribution < 1.29 is 9.15 Å². The number of likely N-dealkylation sites (tertiary alicyclic amines) is 1. The van der Waals surface area contributed by atoms with E-state index in [-0.39, 0.29) is 0 Å². The largest absolute Gasteiger partial charge is 0.477 e. The van der Waals surface area contributed by atoms with E-state index in [1.165, 1.54) is 32.4 Å². The van der Waals surface area contributed by atoms with Gasteiger partial charge in [-0.3, -0.25) is 0 Å². The Morgan fingerprint density at radius 3 is 2.82 bits per heavy atom. The zero-order chi connectivity index (χ0) is 18.8. The van der Waals surface area contributed by atoms with Crippen LogP contribution in [0.2, 0.25) is 0 Å². The van der Waals surface area contributed by atoms with Crippen molar-refractivity contribution in [3.63, 3.8) is 0 Å². The van der Waals surface area contributed by atoms with E-state index in [4.69, 9.17) is 9.15 Å². The summed E-state index contributed by atoms with van der Waals surface area (Å²) in [6, 6.07) is 13.8. The molecule has 1 aliphatic heterocycles. The monoisotopic (exact) mass is 376 g/mol. The molecule has 0 aliphatic carbocycles. The van der Waals surface area contributed by atoms with E-state index in [2.05, 4.69) is 15.0 Å². The van der Waals surface area contributed by atoms with Gasteiger partial charge >= 0.3 is 0 Å². The third kappa shape index (κ3) is 3.60. The SMILES string of the molecule is c1ccc2oc(-c3cn4nc(OCCCN5CCCCC5)ccc4n3)cc2c1. The predicted octanol–water partition coefficient (Wildman–Crippen LogP) is 4.40. The molecule has 0 N–H and O–H groups in total. The summed E-state index contributed by atoms with van der Waals surface area (Å²) in [5.41, 5.74) is 2.40. The molecule has 1 fully saturated rings. The third-order valence-corrected chi connectivity index (χ3v) is 5.29. The quantitative estimate of drug-likeness (QED) is 0.467. The first-order chi connectivity index (χ1) is 13.8. The molecule has 0 radical (unpaired) electrons. The molecular weight excluding hydrogens is 352 g/mol. The van der Waals surface area contributed by atoms with Crippen molar-refractivity contribution in [1.82, 2.24) is 19.5 Å². The number of aromatic nitrogens is 3. The van der Waals surface area contributed by atoms with Crippen molar-refractivity contribution in [3.8, 4) is 17.3 Å². The molecule has 0 unspecified atom stereocenters. The van der Waals surface area contributed by atoms with Gasteiger partial charge in [0.15, 0.2) is 11.4 Å². The fourth-order valence-corrected chi connectivity index (χ4v) is 3.82. The lowest BCUT2D eigenvalue weighted by molar-refractivity contribution is 0.202. The second-order valence-corrected chi connectivity index (χ2v) is 7.35. The molecule has 3 aromatic heterocycles. The van der Waals surface area contributed by atoms with Crippen molar-refractivity contribution in [1.29, 1.82) is 0 Å². The highest BCUT2D eigenvalue weighted by atomic mass is 16.5. The molecule has 4 aromatic rings. The summed E-state index contributed by atoms with van der Waals surface area (Å²) in [7, 11) is 0. The van der Waals surface area contributed by atoms with Crippen LogP contribution < -0.4 is 4.74 Å². The number of hydrogen-bond donors (Lipinski definition) is 0. The molecule has 144 valence electrons. The second-order valence-electron chi connectivity index (χ2n) is 7.35. The van der Waals surface area contributed by atoms with Crippen LogP contribution in [0.25, 0.3) is 28.1 Å². The fraction of sp³-hybridized carbons (Fsp3) is 0.364. The Morgan fingerprint density at radius 2 is 1.93 bits per heavy atom. The van der Waals surface area contributed by atoms with Gasteiger partial charge in [-0.15, -0.1) is 5.10 Å². The lowest BCUT2D eigenvalue weighted by Crippen LogP contribution is -2.31. The molecule has 28 heavy (non-hydrogen) atoms. The predicted molar refractivity (Wildman–Crippen MR) is 109 cm³/mol. The number of para-hydroxylation sites is 1. The molecule has 6 nitrogen and oxygen atoms in total. The van der Waals surface area contributed by atoms with Crippen molar-refractivity contribution in [2.75, 3.05) is 26.2 Å². The number of hydrogen-bond acceptors (Lipinski definition) is 5. The number of piperidine rings is 1. The molecule has 0 atom stereocenters. The summed E-state index contributed by atoms with van der Waals surface area (Å²) >= 11 is 0. The van der Waals surface area contributed by atoms with Crippen LogP contribution in [0.15, 0.2) is 53.1 Å². The first kappa shape index (κ1) is 17.3. The first-order valence-electron chi connectivity index (χ1n) is 10.1. The Bertz CT molecular complexity index is 1050. The van der Waals surface area contributed by atoms with Crippen LogP contribution in [0.4, 0.5) is 0 Å². The van der Waals surface area contributed by atoms with Gasteiger partial charge in [0, 0.05) is 18.0 Å². The zero-order valence-corrected chi connectivity index (χ0v) is 15.9. The summed E-state index contributed by atoms with van der Waals surface area (Å²) in [4.78, 5) is 7.15. The van der Waals surface area contributed by atoms with Gasteiger partial charge in [-0.05, 0) is 50.6 Å². The Morgan fingerprint density at radius 1 is 1.04 bits per heavy atom. The van der Waals surface area contributed by atoms with Crippen LogP contribution >= 0.6 is 0 Å². The molecular formula is C22H24N4O2. The van der Waals surface area contributed by atoms with Crippen LogP contribution in [-0.2, 0) is 0 Å². The summed E-state index contributed by atoms with van der Waals surface area (Å²) in [6.07, 6.45) is 6.93. The van der Waals surface area contributed by atoms with Gasteiger partial charge in [-0.25, -0.2) is 9.50 Å². The van der Waals surface area contributed by atoms with Gasteiger partial charge in [0.2, 0.25) is 5.88 Å². The molecule has 0 saturated carbocycles. The van der Waals surface area contributed by atoms with Crippen LogP contribution in [0, 0.1) is 0 Å². The summed E-state index contributed by atoms with van der Waals surface area (Å²) in [5.74, 6) is 1.37. The number of imidazole rings is 1.